The van der Waals surface area contributed by atoms with Crippen molar-refractivity contribution < 1.29 is 9.59 Å². The Morgan fingerprint density at radius 3 is 2.50 bits per heavy atom. The number of piperazine rings is 1. The van der Waals surface area contributed by atoms with Crippen molar-refractivity contribution in [2.75, 3.05) is 19.6 Å². The Morgan fingerprint density at radius 2 is 1.84 bits per heavy atom. The molecule has 5 aliphatic rings. The molecule has 1 spiro atoms. The molecule has 232 valence electrons. The fourth-order valence-corrected chi connectivity index (χ4v) is 9.07. The number of thioether (sulfide) groups is 1. The highest BCUT2D eigenvalue weighted by Crippen LogP contribution is 2.56. The van der Waals surface area contributed by atoms with Gasteiger partial charge in [0.2, 0.25) is 5.91 Å². The molecule has 3 fully saturated rings. The molecule has 4 atom stereocenters. The van der Waals surface area contributed by atoms with E-state index in [0.717, 1.165) is 54.3 Å². The van der Waals surface area contributed by atoms with Crippen molar-refractivity contribution in [2.45, 2.75) is 82.6 Å². The van der Waals surface area contributed by atoms with Gasteiger partial charge in [0.25, 0.3) is 5.91 Å². The number of allylic oxidation sites excluding steroid dienone is 1. The van der Waals surface area contributed by atoms with Gasteiger partial charge in [0.1, 0.15) is 21.6 Å². The molecule has 0 radical (unpaired) electrons. The highest BCUT2D eigenvalue weighted by molar-refractivity contribution is 8.18. The minimum Gasteiger partial charge on any atom is -0.338 e. The summed E-state index contributed by atoms with van der Waals surface area (Å²) in [5.74, 6) is 0.0506. The van der Waals surface area contributed by atoms with Crippen LogP contribution in [-0.4, -0.2) is 73.9 Å². The van der Waals surface area contributed by atoms with Crippen LogP contribution in [0.1, 0.15) is 70.5 Å². The summed E-state index contributed by atoms with van der Waals surface area (Å²) < 4.78 is 0. The number of aromatic nitrogens is 1. The van der Waals surface area contributed by atoms with Gasteiger partial charge in [-0.25, -0.2) is 9.98 Å². The van der Waals surface area contributed by atoms with Gasteiger partial charge in [-0.1, -0.05) is 55.2 Å². The number of amidine groups is 1. The van der Waals surface area contributed by atoms with Gasteiger partial charge in [-0.3, -0.25) is 9.59 Å². The number of amides is 2. The van der Waals surface area contributed by atoms with Crippen LogP contribution in [0.4, 0.5) is 0 Å². The molecule has 8 nitrogen and oxygen atoms in total. The van der Waals surface area contributed by atoms with Crippen LogP contribution >= 0.6 is 35.0 Å². The molecule has 7 rings (SSSR count). The smallest absolute Gasteiger partial charge is 0.263 e. The summed E-state index contributed by atoms with van der Waals surface area (Å²) in [7, 11) is 0. The van der Waals surface area contributed by atoms with Gasteiger partial charge in [0.05, 0.1) is 6.04 Å². The molecule has 4 aliphatic heterocycles. The van der Waals surface area contributed by atoms with E-state index in [-0.39, 0.29) is 35.4 Å². The molecule has 1 aliphatic carbocycles. The first-order chi connectivity index (χ1) is 21.0. The number of hydrogen-bond acceptors (Lipinski definition) is 7. The number of nitrogens with zero attached hydrogens (tertiary/aromatic N) is 5. The van der Waals surface area contributed by atoms with Crippen molar-refractivity contribution >= 4 is 51.9 Å². The maximum atomic E-state index is 14.6. The second-order valence-electron chi connectivity index (χ2n) is 13.3. The maximum Gasteiger partial charge on any atom is 0.263 e. The highest BCUT2D eigenvalue weighted by atomic mass is 35.5. The number of halogens is 2. The minimum absolute atomic E-state index is 0.0226. The lowest BCUT2D eigenvalue weighted by Crippen LogP contribution is -2.58. The van der Waals surface area contributed by atoms with Gasteiger partial charge in [0, 0.05) is 53.7 Å². The quantitative estimate of drug-likeness (QED) is 0.401. The predicted molar refractivity (Wildman–Crippen MR) is 175 cm³/mol. The Hall–Kier alpha value is -2.59. The summed E-state index contributed by atoms with van der Waals surface area (Å²) in [5.41, 5.74) is 2.31. The number of pyridine rings is 1. The van der Waals surface area contributed by atoms with Crippen LogP contribution < -0.4 is 5.32 Å². The topological polar surface area (TPSA) is 81.1 Å². The summed E-state index contributed by atoms with van der Waals surface area (Å²) in [6.45, 7) is 10.7. The number of carbonyl (C=O) groups excluding carboxylic acids is 2. The summed E-state index contributed by atoms with van der Waals surface area (Å²) in [4.78, 5) is 45.1. The van der Waals surface area contributed by atoms with Gasteiger partial charge in [0.15, 0.2) is 5.17 Å². The maximum absolute atomic E-state index is 14.6. The van der Waals surface area contributed by atoms with Crippen LogP contribution in [-0.2, 0) is 15.1 Å². The molecular formula is C33H38Cl2N6O2S. The molecule has 1 aromatic heterocycles. The average molecular weight is 654 g/mol. The van der Waals surface area contributed by atoms with Gasteiger partial charge >= 0.3 is 0 Å². The van der Waals surface area contributed by atoms with Crippen LogP contribution in [0.25, 0.3) is 0 Å². The molecular weight excluding hydrogens is 615 g/mol. The van der Waals surface area contributed by atoms with Crippen molar-refractivity contribution in [1.29, 1.82) is 0 Å². The Balaban J connectivity index is 1.26. The molecule has 2 aromatic rings. The van der Waals surface area contributed by atoms with Crippen molar-refractivity contribution in [3.63, 3.8) is 0 Å². The first-order valence-corrected chi connectivity index (χ1v) is 17.1. The average Bonchev–Trinajstić information content (AvgIpc) is 3.31. The summed E-state index contributed by atoms with van der Waals surface area (Å²) >= 11 is 13.9. The minimum atomic E-state index is -0.691. The second kappa shape index (κ2) is 11.0. The molecule has 1 N–H and O–H groups in total. The summed E-state index contributed by atoms with van der Waals surface area (Å²) in [5, 5.41) is 5.45. The number of hydrogen-bond donors (Lipinski definition) is 1. The third-order valence-electron chi connectivity index (χ3n) is 9.98. The zero-order chi connectivity index (χ0) is 31.0. The number of carbonyl (C=O) groups is 2. The lowest BCUT2D eigenvalue weighted by atomic mass is 9.81. The molecule has 2 saturated heterocycles. The zero-order valence-electron chi connectivity index (χ0n) is 25.5. The Bertz CT molecular complexity index is 1560. The Labute approximate surface area is 273 Å². The number of fused-ring (bicyclic) bond motifs is 1. The van der Waals surface area contributed by atoms with E-state index in [1.807, 2.05) is 40.1 Å². The lowest BCUT2D eigenvalue weighted by Gasteiger charge is -2.38. The lowest BCUT2D eigenvalue weighted by molar-refractivity contribution is -0.144. The third kappa shape index (κ3) is 4.95. The summed E-state index contributed by atoms with van der Waals surface area (Å²) in [6, 6.07) is 10.9. The largest absolute Gasteiger partial charge is 0.338 e. The SMILES string of the molecule is CC(C)C1=C(C(=O)N2[C@H](C)CC[C@H]2C(=O)N2CCNC3(CC3)C2)SC2=N[C@@](C)(c3ccc(Cl)nc3)[C@@H](c3ccc(Cl)cc3)N21. The van der Waals surface area contributed by atoms with Crippen molar-refractivity contribution in [1.82, 2.24) is 25.0 Å². The van der Waals surface area contributed by atoms with Crippen LogP contribution in [0, 0.1) is 5.92 Å². The fraction of sp³-hybridized carbons (Fsp3) is 0.515. The molecule has 11 heteroatoms. The normalized spacial score (nSPS) is 29.1. The Morgan fingerprint density at radius 1 is 1.09 bits per heavy atom. The van der Waals surface area contributed by atoms with Crippen molar-refractivity contribution in [2.24, 2.45) is 10.9 Å². The van der Waals surface area contributed by atoms with Gasteiger partial charge in [-0.05, 0) is 81.0 Å². The van der Waals surface area contributed by atoms with Crippen molar-refractivity contribution in [3.05, 3.63) is 74.5 Å². The Kier molecular flexibility index (Phi) is 7.55. The van der Waals surface area contributed by atoms with E-state index in [1.54, 1.807) is 12.3 Å². The van der Waals surface area contributed by atoms with E-state index in [9.17, 15) is 9.59 Å². The molecule has 5 heterocycles. The van der Waals surface area contributed by atoms with Gasteiger partial charge in [-0.2, -0.15) is 0 Å². The molecule has 0 unspecified atom stereocenters. The van der Waals surface area contributed by atoms with Crippen LogP contribution in [0.2, 0.25) is 10.2 Å². The van der Waals surface area contributed by atoms with Crippen LogP contribution in [0.3, 0.4) is 0 Å². The molecule has 2 amide bonds. The van der Waals surface area contributed by atoms with Gasteiger partial charge in [-0.15, -0.1) is 0 Å². The third-order valence-corrected chi connectivity index (χ3v) is 11.5. The first kappa shape index (κ1) is 30.1. The van der Waals surface area contributed by atoms with E-state index in [0.29, 0.717) is 28.0 Å². The number of rotatable bonds is 5. The molecule has 1 aromatic carbocycles. The predicted octanol–water partition coefficient (Wildman–Crippen LogP) is 5.97. The van der Waals surface area contributed by atoms with E-state index >= 15 is 0 Å². The number of likely N-dealkylation sites (tertiary alicyclic amines) is 1. The fourth-order valence-electron chi connectivity index (χ4n) is 7.48. The van der Waals surface area contributed by atoms with E-state index in [1.165, 1.54) is 11.8 Å². The molecule has 44 heavy (non-hydrogen) atoms. The number of benzene rings is 1. The number of nitrogens with one attached hydrogen (secondary N) is 1. The van der Waals surface area contributed by atoms with E-state index in [4.69, 9.17) is 28.2 Å². The molecule has 0 bridgehead atoms. The zero-order valence-corrected chi connectivity index (χ0v) is 27.8. The van der Waals surface area contributed by atoms with Crippen molar-refractivity contribution in [3.8, 4) is 0 Å². The van der Waals surface area contributed by atoms with E-state index < -0.39 is 11.6 Å². The second-order valence-corrected chi connectivity index (χ2v) is 15.1. The molecule has 1 saturated carbocycles. The van der Waals surface area contributed by atoms with Gasteiger partial charge < -0.3 is 20.0 Å². The summed E-state index contributed by atoms with van der Waals surface area (Å²) in [6.07, 6.45) is 5.52. The monoisotopic (exact) mass is 652 g/mol. The van der Waals surface area contributed by atoms with Crippen LogP contribution in [0.5, 0.6) is 0 Å². The number of aliphatic imine (C=N–C) groups is 1. The standard InChI is InChI=1S/C33H38Cl2N6O2S/c1-19(2)26-27(30(43)40-20(3)5-11-24(40)29(42)39-16-15-37-33(18-39)13-14-33)44-31-38-32(4,22-8-12-25(35)36-17-22)28(41(26)31)21-6-9-23(34)10-7-21/h6-10,12,17,19-20,24,28,37H,5,11,13-16,18H2,1-4H3/t20-,24+,28-,32+/m1/s1. The van der Waals surface area contributed by atoms with Crippen LogP contribution in [0.15, 0.2) is 58.2 Å². The highest BCUT2D eigenvalue weighted by Gasteiger charge is 2.55. The first-order valence-electron chi connectivity index (χ1n) is 15.6. The van der Waals surface area contributed by atoms with E-state index in [2.05, 4.69) is 42.9 Å².